The van der Waals surface area contributed by atoms with Crippen molar-refractivity contribution in [2.75, 3.05) is 18.0 Å². The predicted molar refractivity (Wildman–Crippen MR) is 83.9 cm³/mol. The number of halogens is 1. The normalized spacial score (nSPS) is 20.4. The maximum atomic E-state index is 11.9. The predicted octanol–water partition coefficient (Wildman–Crippen LogP) is 2.28. The number of nitrogens with two attached hydrogens (primary N) is 1. The Kier molecular flexibility index (Phi) is 3.42. The average Bonchev–Trinajstić information content (AvgIpc) is 3.18. The Labute approximate surface area is 126 Å². The van der Waals surface area contributed by atoms with Gasteiger partial charge in [0.15, 0.2) is 0 Å². The number of hydrazine groups is 1. The van der Waals surface area contributed by atoms with Crippen LogP contribution in [0.25, 0.3) is 0 Å². The first-order valence-electron chi connectivity index (χ1n) is 6.69. The van der Waals surface area contributed by atoms with Gasteiger partial charge in [-0.3, -0.25) is 10.2 Å². The van der Waals surface area contributed by atoms with Crippen LogP contribution >= 0.6 is 22.6 Å². The zero-order valence-corrected chi connectivity index (χ0v) is 12.9. The molecule has 1 amide bonds. The smallest absolute Gasteiger partial charge is 0.267 e. The molecule has 3 rings (SSSR count). The molecule has 0 unspecified atom stereocenters. The van der Waals surface area contributed by atoms with E-state index in [-0.39, 0.29) is 5.91 Å². The van der Waals surface area contributed by atoms with Gasteiger partial charge in [0.1, 0.15) is 0 Å². The van der Waals surface area contributed by atoms with Crippen LogP contribution in [0.4, 0.5) is 5.69 Å². The molecule has 0 radical (unpaired) electrons. The highest BCUT2D eigenvalue weighted by Crippen LogP contribution is 2.54. The van der Waals surface area contributed by atoms with Gasteiger partial charge in [0.05, 0.1) is 11.3 Å². The lowest BCUT2D eigenvalue weighted by Gasteiger charge is -2.34. The maximum absolute atomic E-state index is 11.9. The fourth-order valence-corrected chi connectivity index (χ4v) is 3.41. The summed E-state index contributed by atoms with van der Waals surface area (Å²) in [6, 6.07) is 5.89. The number of carbonyl (C=O) groups excluding carboxylic acids is 1. The number of nitrogens with one attached hydrogen (secondary N) is 1. The van der Waals surface area contributed by atoms with Crippen LogP contribution in [-0.4, -0.2) is 19.0 Å². The van der Waals surface area contributed by atoms with E-state index in [9.17, 15) is 4.79 Å². The number of amides is 1. The Hall–Kier alpha value is -0.820. The second kappa shape index (κ2) is 4.94. The first-order valence-corrected chi connectivity index (χ1v) is 7.77. The molecule has 1 saturated heterocycles. The van der Waals surface area contributed by atoms with Crippen molar-refractivity contribution in [2.24, 2.45) is 11.3 Å². The van der Waals surface area contributed by atoms with Gasteiger partial charge in [0, 0.05) is 16.7 Å². The minimum absolute atomic E-state index is 0.210. The Morgan fingerprint density at radius 2 is 1.95 bits per heavy atom. The monoisotopic (exact) mass is 371 g/mol. The third kappa shape index (κ3) is 2.58. The Balaban J connectivity index is 1.86. The Morgan fingerprint density at radius 3 is 2.53 bits per heavy atom. The molecule has 102 valence electrons. The zero-order chi connectivity index (χ0) is 13.5. The molecule has 1 spiro atoms. The van der Waals surface area contributed by atoms with E-state index in [1.165, 1.54) is 25.7 Å². The van der Waals surface area contributed by atoms with Crippen molar-refractivity contribution < 1.29 is 4.79 Å². The first-order chi connectivity index (χ1) is 9.13. The summed E-state index contributed by atoms with van der Waals surface area (Å²) in [4.78, 5) is 14.2. The summed E-state index contributed by atoms with van der Waals surface area (Å²) in [5.74, 6) is 5.06. The molecule has 3 N–H and O–H groups in total. The van der Waals surface area contributed by atoms with E-state index >= 15 is 0 Å². The van der Waals surface area contributed by atoms with Crippen LogP contribution < -0.4 is 16.2 Å². The lowest BCUT2D eigenvalue weighted by atomic mass is 9.93. The number of anilines is 1. The average molecular weight is 371 g/mol. The van der Waals surface area contributed by atoms with Crippen molar-refractivity contribution in [1.82, 2.24) is 5.43 Å². The van der Waals surface area contributed by atoms with Crippen LogP contribution in [0.5, 0.6) is 0 Å². The largest absolute Gasteiger partial charge is 0.371 e. The van der Waals surface area contributed by atoms with Crippen molar-refractivity contribution >= 4 is 34.2 Å². The van der Waals surface area contributed by atoms with E-state index in [4.69, 9.17) is 5.84 Å². The molecule has 0 bridgehead atoms. The second-order valence-corrected chi connectivity index (χ2v) is 6.87. The third-order valence-corrected chi connectivity index (χ3v) is 5.13. The van der Waals surface area contributed by atoms with Gasteiger partial charge in [-0.2, -0.15) is 0 Å². The molecule has 1 aliphatic heterocycles. The van der Waals surface area contributed by atoms with Gasteiger partial charge in [0.25, 0.3) is 5.91 Å². The van der Waals surface area contributed by atoms with Crippen LogP contribution in [-0.2, 0) is 0 Å². The van der Waals surface area contributed by atoms with Crippen LogP contribution in [0, 0.1) is 8.99 Å². The van der Waals surface area contributed by atoms with Crippen molar-refractivity contribution in [3.05, 3.63) is 27.3 Å². The number of nitrogen functional groups attached to an aromatic ring is 1. The van der Waals surface area contributed by atoms with Crippen molar-refractivity contribution in [3.63, 3.8) is 0 Å². The van der Waals surface area contributed by atoms with Crippen molar-refractivity contribution in [1.29, 1.82) is 0 Å². The number of hydrogen-bond donors (Lipinski definition) is 2. The van der Waals surface area contributed by atoms with Gasteiger partial charge in [-0.05, 0) is 71.9 Å². The molecule has 1 heterocycles. The van der Waals surface area contributed by atoms with Gasteiger partial charge in [-0.15, -0.1) is 0 Å². The molecule has 4 nitrogen and oxygen atoms in total. The van der Waals surface area contributed by atoms with E-state index in [0.29, 0.717) is 11.0 Å². The molecule has 2 aliphatic rings. The van der Waals surface area contributed by atoms with Gasteiger partial charge >= 0.3 is 0 Å². The topological polar surface area (TPSA) is 58.4 Å². The molecular formula is C14H18IN3O. The van der Waals surface area contributed by atoms with Gasteiger partial charge in [-0.1, -0.05) is 0 Å². The first kappa shape index (κ1) is 13.2. The molecule has 0 aromatic heterocycles. The van der Waals surface area contributed by atoms with E-state index in [2.05, 4.69) is 39.0 Å². The van der Waals surface area contributed by atoms with Crippen molar-refractivity contribution in [3.8, 4) is 0 Å². The third-order valence-electron chi connectivity index (χ3n) is 4.46. The molecule has 1 aromatic carbocycles. The molecule has 1 aromatic rings. The van der Waals surface area contributed by atoms with Gasteiger partial charge in [0.2, 0.25) is 0 Å². The molecule has 5 heteroatoms. The van der Waals surface area contributed by atoms with E-state index in [1.807, 2.05) is 12.1 Å². The number of hydrogen-bond acceptors (Lipinski definition) is 3. The standard InChI is InChI=1S/C14H18IN3O/c15-10-1-2-11(13(19)17-16)12(9-10)18-7-5-14(3-4-14)6-8-18/h1-2,9H,3-8,16H2,(H,17,19). The minimum atomic E-state index is -0.210. The van der Waals surface area contributed by atoms with Gasteiger partial charge < -0.3 is 4.90 Å². The number of nitrogens with zero attached hydrogens (tertiary/aromatic N) is 1. The summed E-state index contributed by atoms with van der Waals surface area (Å²) in [6.45, 7) is 2.09. The highest BCUT2D eigenvalue weighted by Gasteiger charge is 2.44. The van der Waals surface area contributed by atoms with Crippen LogP contribution in [0.3, 0.4) is 0 Å². The summed E-state index contributed by atoms with van der Waals surface area (Å²) < 4.78 is 1.15. The van der Waals surface area contributed by atoms with E-state index in [0.717, 1.165) is 22.3 Å². The fraction of sp³-hybridized carbons (Fsp3) is 0.500. The van der Waals surface area contributed by atoms with Crippen molar-refractivity contribution in [2.45, 2.75) is 25.7 Å². The van der Waals surface area contributed by atoms with E-state index < -0.39 is 0 Å². The summed E-state index contributed by atoms with van der Waals surface area (Å²) in [5, 5.41) is 0. The fourth-order valence-electron chi connectivity index (χ4n) is 2.93. The SMILES string of the molecule is NNC(=O)c1ccc(I)cc1N1CCC2(CC1)CC2. The highest BCUT2D eigenvalue weighted by atomic mass is 127. The minimum Gasteiger partial charge on any atom is -0.371 e. The zero-order valence-electron chi connectivity index (χ0n) is 10.8. The molecule has 19 heavy (non-hydrogen) atoms. The molecule has 0 atom stereocenters. The quantitative estimate of drug-likeness (QED) is 0.363. The molecule has 2 fully saturated rings. The Morgan fingerprint density at radius 1 is 1.26 bits per heavy atom. The van der Waals surface area contributed by atoms with E-state index in [1.54, 1.807) is 0 Å². The summed E-state index contributed by atoms with van der Waals surface area (Å²) in [6.07, 6.45) is 5.29. The number of rotatable bonds is 2. The number of carbonyl (C=O) groups is 1. The van der Waals surface area contributed by atoms with Crippen LogP contribution in [0.1, 0.15) is 36.0 Å². The van der Waals surface area contributed by atoms with Crippen LogP contribution in [0.2, 0.25) is 0 Å². The molecule has 1 saturated carbocycles. The Bertz CT molecular complexity index is 503. The lowest BCUT2D eigenvalue weighted by molar-refractivity contribution is 0.0954. The lowest BCUT2D eigenvalue weighted by Crippen LogP contribution is -2.37. The summed E-state index contributed by atoms with van der Waals surface area (Å²) >= 11 is 2.28. The molecule has 1 aliphatic carbocycles. The number of piperidine rings is 1. The summed E-state index contributed by atoms with van der Waals surface area (Å²) in [5.41, 5.74) is 4.58. The highest BCUT2D eigenvalue weighted by molar-refractivity contribution is 14.1. The molecular weight excluding hydrogens is 353 g/mol. The summed E-state index contributed by atoms with van der Waals surface area (Å²) in [7, 11) is 0. The van der Waals surface area contributed by atoms with Crippen LogP contribution in [0.15, 0.2) is 18.2 Å². The number of benzene rings is 1. The second-order valence-electron chi connectivity index (χ2n) is 5.62. The maximum Gasteiger partial charge on any atom is 0.267 e. The van der Waals surface area contributed by atoms with Gasteiger partial charge in [-0.25, -0.2) is 5.84 Å².